The summed E-state index contributed by atoms with van der Waals surface area (Å²) in [6.45, 7) is 4.22. The highest BCUT2D eigenvalue weighted by Gasteiger charge is 2.16. The Bertz CT molecular complexity index is 388. The van der Waals surface area contributed by atoms with Crippen LogP contribution >= 0.6 is 11.8 Å². The van der Waals surface area contributed by atoms with Gasteiger partial charge in [0.05, 0.1) is 24.7 Å². The number of hydrogen-bond acceptors (Lipinski definition) is 7. The minimum atomic E-state index is -0.669. The van der Waals surface area contributed by atoms with Crippen LogP contribution in [0.2, 0.25) is 0 Å². The molecule has 0 radical (unpaired) electrons. The Morgan fingerprint density at radius 3 is 2.37 bits per heavy atom. The minimum Gasteiger partial charge on any atom is -0.466 e. The number of nitriles is 1. The molecule has 1 N–H and O–H groups in total. The van der Waals surface area contributed by atoms with Crippen molar-refractivity contribution in [2.45, 2.75) is 20.3 Å². The van der Waals surface area contributed by atoms with Crippen LogP contribution in [0, 0.1) is 11.3 Å². The number of rotatable bonds is 8. The maximum atomic E-state index is 11.5. The summed E-state index contributed by atoms with van der Waals surface area (Å²) in [6, 6.07) is 1.81. The van der Waals surface area contributed by atoms with Gasteiger partial charge in [-0.05, 0) is 20.1 Å². The van der Waals surface area contributed by atoms with E-state index in [1.54, 1.807) is 26.2 Å². The highest BCUT2D eigenvalue weighted by molar-refractivity contribution is 8.02. The van der Waals surface area contributed by atoms with Gasteiger partial charge in [0.15, 0.2) is 5.57 Å². The Kier molecular flexibility index (Phi) is 9.35. The first-order valence-corrected chi connectivity index (χ1v) is 7.08. The highest BCUT2D eigenvalue weighted by atomic mass is 32.2. The van der Waals surface area contributed by atoms with Crippen LogP contribution in [0.3, 0.4) is 0 Å². The largest absolute Gasteiger partial charge is 0.466 e. The van der Waals surface area contributed by atoms with Gasteiger partial charge in [-0.15, -0.1) is 11.8 Å². The first kappa shape index (κ1) is 17.3. The van der Waals surface area contributed by atoms with Crippen LogP contribution in [-0.2, 0) is 19.1 Å². The van der Waals surface area contributed by atoms with E-state index >= 15 is 0 Å². The number of nitrogens with one attached hydrogen (secondary N) is 1. The summed E-state index contributed by atoms with van der Waals surface area (Å²) in [5.41, 5.74) is -0.0850. The van der Waals surface area contributed by atoms with Gasteiger partial charge in [0, 0.05) is 6.54 Å². The lowest BCUT2D eigenvalue weighted by atomic mass is 10.3. The van der Waals surface area contributed by atoms with E-state index in [-0.39, 0.29) is 24.6 Å². The van der Waals surface area contributed by atoms with E-state index in [0.717, 1.165) is 0 Å². The molecule has 0 rings (SSSR count). The molecule has 0 aliphatic rings. The van der Waals surface area contributed by atoms with Crippen molar-refractivity contribution in [2.75, 3.05) is 26.0 Å². The molecule has 6 nitrogen and oxygen atoms in total. The Morgan fingerprint density at radius 1 is 1.26 bits per heavy atom. The van der Waals surface area contributed by atoms with Crippen molar-refractivity contribution in [1.29, 1.82) is 5.26 Å². The number of hydrogen-bond donors (Lipinski definition) is 1. The molecule has 0 aromatic heterocycles. The predicted molar refractivity (Wildman–Crippen MR) is 72.0 cm³/mol. The van der Waals surface area contributed by atoms with Crippen molar-refractivity contribution in [3.63, 3.8) is 0 Å². The predicted octanol–water partition coefficient (Wildman–Crippen LogP) is 1.19. The molecule has 0 fully saturated rings. The molecule has 0 saturated carbocycles. The topological polar surface area (TPSA) is 88.4 Å². The standard InChI is InChI=1S/C12H18N2O4S/c1-4-17-10(15)6-7-14-11(19-3)9(8-13)12(16)18-5-2/h14H,4-7H2,1-3H3/b11-9-. The SMILES string of the molecule is CCOC(=O)CCN/C(SC)=C(\C#N)C(=O)OCC. The smallest absolute Gasteiger partial charge is 0.351 e. The average molecular weight is 286 g/mol. The van der Waals surface area contributed by atoms with Crippen LogP contribution in [0.1, 0.15) is 20.3 Å². The number of thioether (sulfide) groups is 1. The lowest BCUT2D eigenvalue weighted by Crippen LogP contribution is -2.21. The van der Waals surface area contributed by atoms with Crippen molar-refractivity contribution in [3.05, 3.63) is 10.6 Å². The number of esters is 2. The van der Waals surface area contributed by atoms with Crippen LogP contribution in [0.5, 0.6) is 0 Å². The van der Waals surface area contributed by atoms with Crippen LogP contribution < -0.4 is 5.32 Å². The fraction of sp³-hybridized carbons (Fsp3) is 0.583. The van der Waals surface area contributed by atoms with Crippen molar-refractivity contribution in [1.82, 2.24) is 5.32 Å². The quantitative estimate of drug-likeness (QED) is 0.407. The first-order valence-electron chi connectivity index (χ1n) is 5.85. The summed E-state index contributed by atoms with van der Waals surface area (Å²) in [5.74, 6) is -0.997. The fourth-order valence-corrected chi connectivity index (χ4v) is 1.75. The summed E-state index contributed by atoms with van der Waals surface area (Å²) in [5, 5.41) is 12.2. The summed E-state index contributed by atoms with van der Waals surface area (Å²) in [7, 11) is 0. The van der Waals surface area contributed by atoms with E-state index in [4.69, 9.17) is 14.7 Å². The van der Waals surface area contributed by atoms with Crippen molar-refractivity contribution >= 4 is 23.7 Å². The molecule has 0 atom stereocenters. The second-order valence-electron chi connectivity index (χ2n) is 3.22. The van der Waals surface area contributed by atoms with Crippen molar-refractivity contribution in [3.8, 4) is 6.07 Å². The average Bonchev–Trinajstić information content (AvgIpc) is 2.38. The molecule has 0 aromatic carbocycles. The molecule has 0 aliphatic carbocycles. The van der Waals surface area contributed by atoms with E-state index < -0.39 is 5.97 Å². The lowest BCUT2D eigenvalue weighted by molar-refractivity contribution is -0.143. The molecular formula is C12H18N2O4S. The number of carbonyl (C=O) groups is 2. The Labute approximate surface area is 117 Å². The van der Waals surface area contributed by atoms with Crippen molar-refractivity contribution < 1.29 is 19.1 Å². The second kappa shape index (κ2) is 10.3. The second-order valence-corrected chi connectivity index (χ2v) is 4.04. The summed E-state index contributed by atoms with van der Waals surface area (Å²) in [4.78, 5) is 22.7. The van der Waals surface area contributed by atoms with Crippen LogP contribution in [-0.4, -0.2) is 38.0 Å². The molecule has 0 unspecified atom stereocenters. The Morgan fingerprint density at radius 2 is 1.89 bits per heavy atom. The van der Waals surface area contributed by atoms with E-state index in [9.17, 15) is 9.59 Å². The van der Waals surface area contributed by atoms with Gasteiger partial charge >= 0.3 is 11.9 Å². The third kappa shape index (κ3) is 6.72. The number of carbonyl (C=O) groups excluding carboxylic acids is 2. The molecule has 19 heavy (non-hydrogen) atoms. The summed E-state index contributed by atoms with van der Waals surface area (Å²) >= 11 is 1.21. The zero-order valence-corrected chi connectivity index (χ0v) is 12.1. The zero-order chi connectivity index (χ0) is 14.7. The molecular weight excluding hydrogens is 268 g/mol. The molecule has 0 aliphatic heterocycles. The summed E-state index contributed by atoms with van der Waals surface area (Å²) < 4.78 is 9.55. The third-order valence-corrected chi connectivity index (χ3v) is 2.70. The molecule has 0 heterocycles. The zero-order valence-electron chi connectivity index (χ0n) is 11.3. The van der Waals surface area contributed by atoms with Crippen LogP contribution in [0.25, 0.3) is 0 Å². The molecule has 0 aromatic rings. The molecule has 106 valence electrons. The van der Waals surface area contributed by atoms with Gasteiger partial charge in [0.2, 0.25) is 0 Å². The third-order valence-electron chi connectivity index (χ3n) is 1.94. The van der Waals surface area contributed by atoms with E-state index in [0.29, 0.717) is 18.2 Å². The highest BCUT2D eigenvalue weighted by Crippen LogP contribution is 2.14. The molecule has 0 bridgehead atoms. The molecule has 0 spiro atoms. The Hall–Kier alpha value is -1.68. The molecule has 7 heteroatoms. The van der Waals surface area contributed by atoms with Gasteiger partial charge < -0.3 is 14.8 Å². The Balaban J connectivity index is 4.57. The van der Waals surface area contributed by atoms with E-state index in [1.807, 2.05) is 0 Å². The van der Waals surface area contributed by atoms with Crippen molar-refractivity contribution in [2.24, 2.45) is 0 Å². The van der Waals surface area contributed by atoms with E-state index in [2.05, 4.69) is 5.32 Å². The number of ether oxygens (including phenoxy) is 2. The van der Waals surface area contributed by atoms with Gasteiger partial charge in [-0.2, -0.15) is 5.26 Å². The minimum absolute atomic E-state index is 0.0850. The van der Waals surface area contributed by atoms with Crippen LogP contribution in [0.15, 0.2) is 10.6 Å². The van der Waals surface area contributed by atoms with E-state index in [1.165, 1.54) is 11.8 Å². The van der Waals surface area contributed by atoms with Crippen LogP contribution in [0.4, 0.5) is 0 Å². The normalized spacial score (nSPS) is 11.1. The summed E-state index contributed by atoms with van der Waals surface area (Å²) in [6.07, 6.45) is 1.89. The first-order chi connectivity index (χ1) is 9.10. The fourth-order valence-electron chi connectivity index (χ4n) is 1.17. The molecule has 0 amide bonds. The lowest BCUT2D eigenvalue weighted by Gasteiger charge is -2.10. The van der Waals surface area contributed by atoms with Gasteiger partial charge in [-0.1, -0.05) is 0 Å². The van der Waals surface area contributed by atoms with Gasteiger partial charge in [0.1, 0.15) is 6.07 Å². The molecule has 0 saturated heterocycles. The van der Waals surface area contributed by atoms with Gasteiger partial charge in [-0.25, -0.2) is 4.79 Å². The van der Waals surface area contributed by atoms with Gasteiger partial charge in [0.25, 0.3) is 0 Å². The number of nitrogens with zero attached hydrogens (tertiary/aromatic N) is 1. The van der Waals surface area contributed by atoms with Gasteiger partial charge in [-0.3, -0.25) is 4.79 Å². The monoisotopic (exact) mass is 286 g/mol. The maximum Gasteiger partial charge on any atom is 0.351 e. The maximum absolute atomic E-state index is 11.5.